The minimum absolute atomic E-state index is 0.167. The Morgan fingerprint density at radius 1 is 0.839 bits per heavy atom. The molecule has 2 heterocycles. The molecule has 0 atom stereocenters. The number of furan rings is 2. The second-order valence-corrected chi connectivity index (χ2v) is 5.07. The van der Waals surface area contributed by atoms with Gasteiger partial charge in [0, 0.05) is 7.11 Å². The summed E-state index contributed by atoms with van der Waals surface area (Å²) in [7, 11) is 1.00. The fraction of sp³-hybridized carbons (Fsp3) is 0.182. The van der Waals surface area contributed by atoms with E-state index in [1.807, 2.05) is 13.0 Å². The van der Waals surface area contributed by atoms with Crippen LogP contribution in [-0.4, -0.2) is 47.3 Å². The number of aryl methyl sites for hydroxylation is 1. The molecule has 1 aromatic carbocycles. The van der Waals surface area contributed by atoms with Crippen LogP contribution in [0.5, 0.6) is 5.75 Å². The molecule has 3 rings (SSSR count). The third-order valence-electron chi connectivity index (χ3n) is 2.42. The van der Waals surface area contributed by atoms with E-state index in [-0.39, 0.29) is 12.3 Å². The fourth-order valence-corrected chi connectivity index (χ4v) is 1.29. The lowest BCUT2D eigenvalue weighted by atomic mass is 10.3. The smallest absolute Gasteiger partial charge is 0.290 e. The van der Waals surface area contributed by atoms with Gasteiger partial charge in [-0.3, -0.25) is 14.4 Å². The Hall–Kier alpha value is -3.98. The van der Waals surface area contributed by atoms with Gasteiger partial charge in [-0.05, 0) is 56.7 Å². The second kappa shape index (κ2) is 24.1. The Kier molecular flexibility index (Phi) is 24.6. The van der Waals surface area contributed by atoms with Crippen LogP contribution >= 0.6 is 0 Å². The average Bonchev–Trinajstić information content (AvgIpc) is 3.42. The van der Waals surface area contributed by atoms with Crippen molar-refractivity contribution in [2.75, 3.05) is 7.11 Å². The minimum atomic E-state index is -0.250. The standard InChI is InChI=1S/C6H6O2.C6H6O.C5H4O2.C3H6O.CH2O2.CH4O/c1-5-2-3-8-6(5)4-7;7-6-4-2-1-3-5-6;6-4-5-2-1-3-7-5;1-3(2)4;2-1-3;1-2/h2-4H,1H3;1-5,7H;1-4H;1-2H3;1H,(H,2,3);2H,1H3. The maximum atomic E-state index is 9.99. The summed E-state index contributed by atoms with van der Waals surface area (Å²) in [6.45, 7) is 4.63. The lowest BCUT2D eigenvalue weighted by molar-refractivity contribution is -0.123. The van der Waals surface area contributed by atoms with Gasteiger partial charge in [-0.2, -0.15) is 0 Å². The van der Waals surface area contributed by atoms with Gasteiger partial charge in [0.1, 0.15) is 11.5 Å². The molecule has 0 aliphatic carbocycles. The van der Waals surface area contributed by atoms with Crippen LogP contribution in [0.4, 0.5) is 0 Å². The molecule has 3 aromatic rings. The van der Waals surface area contributed by atoms with E-state index in [1.165, 1.54) is 26.4 Å². The number of aliphatic hydroxyl groups excluding tert-OH is 1. The van der Waals surface area contributed by atoms with Gasteiger partial charge < -0.3 is 28.9 Å². The molecule has 31 heavy (non-hydrogen) atoms. The molecule has 170 valence electrons. The van der Waals surface area contributed by atoms with E-state index >= 15 is 0 Å². The summed E-state index contributed by atoms with van der Waals surface area (Å²) in [6, 6.07) is 13.7. The van der Waals surface area contributed by atoms with E-state index in [2.05, 4.69) is 4.42 Å². The summed E-state index contributed by atoms with van der Waals surface area (Å²) in [5, 5.41) is 22.5. The molecule has 0 bridgehead atoms. The molecule has 0 aliphatic heterocycles. The molecule has 0 amide bonds. The molecule has 0 unspecified atom stereocenters. The van der Waals surface area contributed by atoms with Gasteiger partial charge in [-0.1, -0.05) is 18.2 Å². The third kappa shape index (κ3) is 24.0. The van der Waals surface area contributed by atoms with Gasteiger partial charge in [0.05, 0.1) is 12.5 Å². The number of carbonyl (C=O) groups is 4. The van der Waals surface area contributed by atoms with Crippen LogP contribution in [0, 0.1) is 6.92 Å². The Morgan fingerprint density at radius 3 is 1.55 bits per heavy atom. The predicted octanol–water partition coefficient (Wildman–Crippen LogP) is 3.79. The number of benzene rings is 1. The lowest BCUT2D eigenvalue weighted by Crippen LogP contribution is -1.74. The van der Waals surface area contributed by atoms with Crippen LogP contribution in [0.1, 0.15) is 40.5 Å². The first-order valence-electron chi connectivity index (χ1n) is 8.54. The molecule has 0 radical (unpaired) electrons. The molecule has 0 spiro atoms. The summed E-state index contributed by atoms with van der Waals surface area (Å²) in [5.74, 6) is 1.28. The number of ketones is 1. The van der Waals surface area contributed by atoms with Crippen LogP contribution in [0.15, 0.2) is 69.9 Å². The molecule has 2 aromatic heterocycles. The molecule has 3 N–H and O–H groups in total. The van der Waals surface area contributed by atoms with Gasteiger partial charge in [-0.25, -0.2) is 0 Å². The topological polar surface area (TPSA) is 155 Å². The van der Waals surface area contributed by atoms with Crippen LogP contribution in [0.2, 0.25) is 0 Å². The number of aromatic hydroxyl groups is 1. The summed E-state index contributed by atoms with van der Waals surface area (Å²) >= 11 is 0. The molecule has 9 heteroatoms. The maximum absolute atomic E-state index is 9.99. The van der Waals surface area contributed by atoms with E-state index in [0.29, 0.717) is 29.8 Å². The third-order valence-corrected chi connectivity index (χ3v) is 2.42. The maximum Gasteiger partial charge on any atom is 0.290 e. The number of para-hydroxylation sites is 1. The lowest BCUT2D eigenvalue weighted by Gasteiger charge is -1.82. The first kappa shape index (κ1) is 31.7. The Labute approximate surface area is 180 Å². The van der Waals surface area contributed by atoms with Gasteiger partial charge in [0.15, 0.2) is 24.1 Å². The second-order valence-electron chi connectivity index (χ2n) is 5.07. The largest absolute Gasteiger partial charge is 0.508 e. The summed E-state index contributed by atoms with van der Waals surface area (Å²) < 4.78 is 9.36. The number of hydrogen-bond donors (Lipinski definition) is 3. The number of phenols is 1. The first-order chi connectivity index (χ1) is 14.8. The van der Waals surface area contributed by atoms with Crippen molar-refractivity contribution in [3.63, 3.8) is 0 Å². The molecular weight excluding hydrogens is 408 g/mol. The molecule has 0 aliphatic rings. The van der Waals surface area contributed by atoms with Crippen LogP contribution < -0.4 is 0 Å². The molecule has 0 saturated heterocycles. The summed E-state index contributed by atoms with van der Waals surface area (Å²) in [5.41, 5.74) is 0.889. The van der Waals surface area contributed by atoms with E-state index in [0.717, 1.165) is 12.7 Å². The molecule has 0 fully saturated rings. The number of phenolic OH excluding ortho intramolecular Hbond substituents is 1. The number of hydrogen-bond acceptors (Lipinski definition) is 8. The van der Waals surface area contributed by atoms with Crippen molar-refractivity contribution in [2.24, 2.45) is 0 Å². The number of aldehydes is 2. The molecule has 0 saturated carbocycles. The van der Waals surface area contributed by atoms with Crippen molar-refractivity contribution in [1.82, 2.24) is 0 Å². The van der Waals surface area contributed by atoms with E-state index in [4.69, 9.17) is 24.5 Å². The summed E-state index contributed by atoms with van der Waals surface area (Å²) in [4.78, 5) is 37.6. The number of aliphatic hydroxyl groups is 1. The number of carbonyl (C=O) groups excluding carboxylic acids is 3. The normalized spacial score (nSPS) is 7.65. The zero-order chi connectivity index (χ0) is 24.5. The number of Topliss-reactive ketones (excluding diaryl/α,β-unsaturated/α-hetero) is 1. The fourth-order valence-electron chi connectivity index (χ4n) is 1.29. The van der Waals surface area contributed by atoms with Crippen LogP contribution in [0.3, 0.4) is 0 Å². The highest BCUT2D eigenvalue weighted by Gasteiger charge is 1.95. The Balaban J connectivity index is -0.000000321. The van der Waals surface area contributed by atoms with E-state index in [1.54, 1.807) is 42.5 Å². The van der Waals surface area contributed by atoms with Crippen molar-refractivity contribution in [3.05, 3.63) is 78.1 Å². The van der Waals surface area contributed by atoms with Crippen LogP contribution in [-0.2, 0) is 9.59 Å². The van der Waals surface area contributed by atoms with Crippen molar-refractivity contribution in [1.29, 1.82) is 0 Å². The van der Waals surface area contributed by atoms with Gasteiger partial charge in [0.25, 0.3) is 6.47 Å². The zero-order valence-corrected chi connectivity index (χ0v) is 17.8. The Morgan fingerprint density at radius 2 is 1.35 bits per heavy atom. The zero-order valence-electron chi connectivity index (χ0n) is 17.8. The van der Waals surface area contributed by atoms with Crippen molar-refractivity contribution in [2.45, 2.75) is 20.8 Å². The highest BCUT2D eigenvalue weighted by molar-refractivity contribution is 5.72. The van der Waals surface area contributed by atoms with Crippen molar-refractivity contribution >= 4 is 24.8 Å². The van der Waals surface area contributed by atoms with E-state index < -0.39 is 0 Å². The quantitative estimate of drug-likeness (QED) is 0.509. The van der Waals surface area contributed by atoms with Gasteiger partial charge >= 0.3 is 0 Å². The first-order valence-corrected chi connectivity index (χ1v) is 8.54. The monoisotopic (exact) mass is 436 g/mol. The average molecular weight is 436 g/mol. The molecular formula is C22H28O9. The number of carboxylic acid groups (broad SMARTS) is 1. The van der Waals surface area contributed by atoms with E-state index in [9.17, 15) is 14.4 Å². The summed E-state index contributed by atoms with van der Waals surface area (Å²) in [6.07, 6.45) is 4.33. The number of rotatable bonds is 2. The van der Waals surface area contributed by atoms with Crippen molar-refractivity contribution < 1.29 is 43.3 Å². The SMILES string of the molecule is CC(C)=O.CO.Cc1ccoc1C=O.O=CO.O=Cc1ccco1.Oc1ccccc1. The van der Waals surface area contributed by atoms with Gasteiger partial charge in [-0.15, -0.1) is 0 Å². The highest BCUT2D eigenvalue weighted by atomic mass is 16.3. The Bertz CT molecular complexity index is 788. The minimum Gasteiger partial charge on any atom is -0.508 e. The van der Waals surface area contributed by atoms with Crippen LogP contribution in [0.25, 0.3) is 0 Å². The highest BCUT2D eigenvalue weighted by Crippen LogP contribution is 2.04. The van der Waals surface area contributed by atoms with Gasteiger partial charge in [0.2, 0.25) is 0 Å². The van der Waals surface area contributed by atoms with Crippen molar-refractivity contribution in [3.8, 4) is 5.75 Å². The predicted molar refractivity (Wildman–Crippen MR) is 114 cm³/mol. The molecule has 9 nitrogen and oxygen atoms in total.